The van der Waals surface area contributed by atoms with Gasteiger partial charge in [-0.2, -0.15) is 0 Å². The molecule has 0 bridgehead atoms. The summed E-state index contributed by atoms with van der Waals surface area (Å²) >= 11 is 0. The minimum atomic E-state index is 0.213. The molecule has 3 N–H and O–H groups in total. The summed E-state index contributed by atoms with van der Waals surface area (Å²) in [6.07, 6.45) is 8.38. The number of nitrogens with zero attached hydrogens (tertiary/aromatic N) is 2. The summed E-state index contributed by atoms with van der Waals surface area (Å²) in [6, 6.07) is 0.369. The molecule has 0 amide bonds. The van der Waals surface area contributed by atoms with Crippen LogP contribution in [0, 0.1) is 0 Å². The molecule has 0 aliphatic carbocycles. The van der Waals surface area contributed by atoms with Gasteiger partial charge in [-0.25, -0.2) is 10.9 Å². The minimum Gasteiger partial charge on any atom is -0.291 e. The van der Waals surface area contributed by atoms with E-state index in [4.69, 9.17) is 0 Å². The van der Waals surface area contributed by atoms with E-state index in [0.717, 1.165) is 19.4 Å². The highest BCUT2D eigenvalue weighted by Crippen LogP contribution is 2.15. The van der Waals surface area contributed by atoms with Crippen LogP contribution < -0.4 is 16.2 Å². The lowest BCUT2D eigenvalue weighted by atomic mass is 10.1. The number of nitrogens with one attached hydrogen (secondary N) is 3. The Kier molecular flexibility index (Phi) is 2.99. The molecule has 3 aliphatic rings. The van der Waals surface area contributed by atoms with Crippen molar-refractivity contribution in [2.75, 3.05) is 6.54 Å². The molecular weight excluding hydrogens is 202 g/mol. The highest BCUT2D eigenvalue weighted by atomic mass is 15.6. The van der Waals surface area contributed by atoms with Gasteiger partial charge in [0.1, 0.15) is 6.17 Å². The highest BCUT2D eigenvalue weighted by Gasteiger charge is 2.32. The Bertz CT molecular complexity index is 311. The minimum absolute atomic E-state index is 0.213. The predicted octanol–water partition coefficient (Wildman–Crippen LogP) is 0.194. The van der Waals surface area contributed by atoms with E-state index in [1.54, 1.807) is 0 Å². The standard InChI is InChI=1S/C11H19N5/c1-2-6-12-8(4-1)10-14-11(16-15-10)9-5-3-7-13-9/h6,8,10-11,14-16H,1-5,7H2. The van der Waals surface area contributed by atoms with Crippen LogP contribution in [0.4, 0.5) is 0 Å². The van der Waals surface area contributed by atoms with Gasteiger partial charge in [-0.3, -0.25) is 15.3 Å². The summed E-state index contributed by atoms with van der Waals surface area (Å²) in [7, 11) is 0. The van der Waals surface area contributed by atoms with Crippen molar-refractivity contribution in [1.82, 2.24) is 16.2 Å². The third kappa shape index (κ3) is 2.03. The molecule has 0 saturated carbocycles. The highest BCUT2D eigenvalue weighted by molar-refractivity contribution is 5.90. The van der Waals surface area contributed by atoms with Crippen molar-refractivity contribution < 1.29 is 0 Å². The molecule has 3 atom stereocenters. The third-order valence-electron chi connectivity index (χ3n) is 3.48. The number of hydrogen-bond acceptors (Lipinski definition) is 5. The fourth-order valence-corrected chi connectivity index (χ4v) is 2.58. The van der Waals surface area contributed by atoms with Gasteiger partial charge in [0.15, 0.2) is 0 Å². The zero-order chi connectivity index (χ0) is 10.8. The zero-order valence-corrected chi connectivity index (χ0v) is 9.45. The summed E-state index contributed by atoms with van der Waals surface area (Å²) < 4.78 is 0. The molecule has 0 radical (unpaired) electrons. The van der Waals surface area contributed by atoms with E-state index in [1.165, 1.54) is 25.0 Å². The van der Waals surface area contributed by atoms with E-state index >= 15 is 0 Å². The molecule has 1 fully saturated rings. The van der Waals surface area contributed by atoms with Crippen LogP contribution in [-0.2, 0) is 0 Å². The molecular formula is C11H19N5. The maximum Gasteiger partial charge on any atom is 0.110 e. The van der Waals surface area contributed by atoms with Crippen LogP contribution in [0.1, 0.15) is 32.1 Å². The normalized spacial score (nSPS) is 39.0. The van der Waals surface area contributed by atoms with Crippen molar-refractivity contribution in [2.24, 2.45) is 9.98 Å². The van der Waals surface area contributed by atoms with E-state index in [9.17, 15) is 0 Å². The topological polar surface area (TPSA) is 60.8 Å². The molecule has 0 aromatic heterocycles. The van der Waals surface area contributed by atoms with Crippen molar-refractivity contribution in [3.8, 4) is 0 Å². The van der Waals surface area contributed by atoms with Crippen LogP contribution in [0.25, 0.3) is 0 Å². The zero-order valence-electron chi connectivity index (χ0n) is 9.45. The molecule has 3 aliphatic heterocycles. The Morgan fingerprint density at radius 1 is 1.25 bits per heavy atom. The predicted molar refractivity (Wildman–Crippen MR) is 64.7 cm³/mol. The van der Waals surface area contributed by atoms with Gasteiger partial charge in [-0.05, 0) is 38.3 Å². The van der Waals surface area contributed by atoms with Gasteiger partial charge in [0.05, 0.1) is 12.2 Å². The smallest absolute Gasteiger partial charge is 0.110 e. The summed E-state index contributed by atoms with van der Waals surface area (Å²) in [5.41, 5.74) is 7.84. The molecule has 5 nitrogen and oxygen atoms in total. The Labute approximate surface area is 95.8 Å². The van der Waals surface area contributed by atoms with E-state index in [1.807, 2.05) is 0 Å². The van der Waals surface area contributed by atoms with Crippen molar-refractivity contribution in [2.45, 2.75) is 50.5 Å². The number of aliphatic imine (C=N–C) groups is 2. The van der Waals surface area contributed by atoms with Crippen LogP contribution in [0.15, 0.2) is 9.98 Å². The average Bonchev–Trinajstić information content (AvgIpc) is 3.01. The second-order valence-electron chi connectivity index (χ2n) is 4.67. The number of hydrazine groups is 1. The molecule has 16 heavy (non-hydrogen) atoms. The number of rotatable bonds is 2. The Morgan fingerprint density at radius 2 is 2.25 bits per heavy atom. The van der Waals surface area contributed by atoms with Crippen LogP contribution >= 0.6 is 0 Å². The van der Waals surface area contributed by atoms with E-state index in [0.29, 0.717) is 6.04 Å². The van der Waals surface area contributed by atoms with Crippen molar-refractivity contribution in [1.29, 1.82) is 0 Å². The Morgan fingerprint density at radius 3 is 3.00 bits per heavy atom. The van der Waals surface area contributed by atoms with Crippen LogP contribution in [-0.4, -0.2) is 36.8 Å². The fourth-order valence-electron chi connectivity index (χ4n) is 2.58. The quantitative estimate of drug-likeness (QED) is 0.624. The molecule has 5 heteroatoms. The van der Waals surface area contributed by atoms with Gasteiger partial charge in [0.25, 0.3) is 0 Å². The van der Waals surface area contributed by atoms with E-state index in [-0.39, 0.29) is 12.3 Å². The second-order valence-corrected chi connectivity index (χ2v) is 4.67. The first-order valence-corrected chi connectivity index (χ1v) is 6.25. The summed E-state index contributed by atoms with van der Waals surface area (Å²) in [6.45, 7) is 0.988. The van der Waals surface area contributed by atoms with Crippen LogP contribution in [0.5, 0.6) is 0 Å². The third-order valence-corrected chi connectivity index (χ3v) is 3.48. The molecule has 3 unspecified atom stereocenters. The van der Waals surface area contributed by atoms with Crippen molar-refractivity contribution in [3.63, 3.8) is 0 Å². The summed E-state index contributed by atoms with van der Waals surface area (Å²) in [4.78, 5) is 9.05. The molecule has 3 rings (SSSR count). The van der Waals surface area contributed by atoms with Gasteiger partial charge in [0.2, 0.25) is 0 Å². The average molecular weight is 221 g/mol. The fraction of sp³-hybridized carbons (Fsp3) is 0.818. The van der Waals surface area contributed by atoms with Gasteiger partial charge in [0, 0.05) is 12.3 Å². The summed E-state index contributed by atoms with van der Waals surface area (Å²) in [5, 5.41) is 3.54. The maximum absolute atomic E-state index is 4.54. The Balaban J connectivity index is 1.59. The molecule has 0 aromatic carbocycles. The van der Waals surface area contributed by atoms with Crippen LogP contribution in [0.2, 0.25) is 0 Å². The molecule has 0 spiro atoms. The van der Waals surface area contributed by atoms with Crippen LogP contribution in [0.3, 0.4) is 0 Å². The molecule has 88 valence electrons. The lowest BCUT2D eigenvalue weighted by Crippen LogP contribution is -2.45. The van der Waals surface area contributed by atoms with Gasteiger partial charge < -0.3 is 0 Å². The second kappa shape index (κ2) is 4.61. The first-order valence-electron chi connectivity index (χ1n) is 6.25. The lowest BCUT2D eigenvalue weighted by molar-refractivity contribution is 0.402. The van der Waals surface area contributed by atoms with E-state index < -0.39 is 0 Å². The van der Waals surface area contributed by atoms with Gasteiger partial charge in [-0.1, -0.05) is 0 Å². The molecule has 0 aromatic rings. The first kappa shape index (κ1) is 10.4. The molecule has 1 saturated heterocycles. The summed E-state index contributed by atoms with van der Waals surface area (Å²) in [5.74, 6) is 0. The lowest BCUT2D eigenvalue weighted by Gasteiger charge is -2.22. The maximum atomic E-state index is 4.54. The largest absolute Gasteiger partial charge is 0.291 e. The Hall–Kier alpha value is -0.780. The first-order chi connectivity index (χ1) is 7.93. The molecule has 3 heterocycles. The SMILES string of the molecule is C1=NC(C2NNC(C3=NCCC3)N2)CCC1. The van der Waals surface area contributed by atoms with Crippen molar-refractivity contribution >= 4 is 11.9 Å². The van der Waals surface area contributed by atoms with Gasteiger partial charge in [-0.15, -0.1) is 0 Å². The van der Waals surface area contributed by atoms with Crippen molar-refractivity contribution in [3.05, 3.63) is 0 Å². The number of hydrogen-bond donors (Lipinski definition) is 3. The van der Waals surface area contributed by atoms with E-state index in [2.05, 4.69) is 32.4 Å². The monoisotopic (exact) mass is 221 g/mol. The van der Waals surface area contributed by atoms with Gasteiger partial charge >= 0.3 is 0 Å².